The summed E-state index contributed by atoms with van der Waals surface area (Å²) < 4.78 is 14.7. The number of hydrogen-bond donors (Lipinski definition) is 1. The first kappa shape index (κ1) is 13.9. The van der Waals surface area contributed by atoms with E-state index in [1.807, 2.05) is 13.8 Å². The van der Waals surface area contributed by atoms with Crippen LogP contribution >= 0.6 is 0 Å². The van der Waals surface area contributed by atoms with E-state index in [-0.39, 0.29) is 0 Å². The topological polar surface area (TPSA) is 56.8 Å². The lowest BCUT2D eigenvalue weighted by Crippen LogP contribution is -2.33. The van der Waals surface area contributed by atoms with Crippen LogP contribution in [0.3, 0.4) is 0 Å². The molecule has 1 N–H and O–H groups in total. The number of amides is 1. The van der Waals surface area contributed by atoms with Crippen LogP contribution in [0.4, 0.5) is 4.79 Å². The highest BCUT2D eigenvalue weighted by molar-refractivity contribution is 5.69. The van der Waals surface area contributed by atoms with Gasteiger partial charge in [0.25, 0.3) is 0 Å². The maximum atomic E-state index is 11.1. The molecule has 0 saturated heterocycles. The van der Waals surface area contributed by atoms with Crippen molar-refractivity contribution in [3.8, 4) is 0 Å². The van der Waals surface area contributed by atoms with E-state index >= 15 is 0 Å². The Hall–Kier alpha value is -1.07. The van der Waals surface area contributed by atoms with Gasteiger partial charge in [0.05, 0.1) is 12.8 Å². The minimum atomic E-state index is -0.580. The number of rotatable bonds is 5. The number of carbonyl (C=O) groups is 1. The molecule has 5 heteroatoms. The SMILES string of the molecule is CC/C(C)=C(/NC(=O)OC)C(OC)OC. The van der Waals surface area contributed by atoms with Gasteiger partial charge in [0, 0.05) is 14.2 Å². The fraction of sp³-hybridized carbons (Fsp3) is 0.700. The van der Waals surface area contributed by atoms with Gasteiger partial charge >= 0.3 is 6.09 Å². The lowest BCUT2D eigenvalue weighted by atomic mass is 10.2. The Morgan fingerprint density at radius 1 is 1.27 bits per heavy atom. The summed E-state index contributed by atoms with van der Waals surface area (Å²) in [5, 5.41) is 2.59. The third-order valence-corrected chi connectivity index (χ3v) is 2.08. The maximum absolute atomic E-state index is 11.1. The third kappa shape index (κ3) is 4.31. The number of alkyl carbamates (subject to hydrolysis) is 1. The van der Waals surface area contributed by atoms with E-state index in [1.165, 1.54) is 21.3 Å². The monoisotopic (exact) mass is 217 g/mol. The van der Waals surface area contributed by atoms with Gasteiger partial charge in [0.1, 0.15) is 0 Å². The second kappa shape index (κ2) is 7.25. The van der Waals surface area contributed by atoms with E-state index in [1.54, 1.807) is 0 Å². The summed E-state index contributed by atoms with van der Waals surface area (Å²) in [5.74, 6) is 0. The van der Waals surface area contributed by atoms with E-state index in [0.717, 1.165) is 12.0 Å². The molecular formula is C10H19NO4. The predicted molar refractivity (Wildman–Crippen MR) is 56.3 cm³/mol. The van der Waals surface area contributed by atoms with Gasteiger partial charge in [-0.25, -0.2) is 4.79 Å². The van der Waals surface area contributed by atoms with Gasteiger partial charge in [-0.1, -0.05) is 6.92 Å². The Labute approximate surface area is 90.4 Å². The van der Waals surface area contributed by atoms with Crippen LogP contribution in [0.25, 0.3) is 0 Å². The van der Waals surface area contributed by atoms with E-state index in [2.05, 4.69) is 10.1 Å². The summed E-state index contributed by atoms with van der Waals surface area (Å²) in [6.45, 7) is 3.88. The van der Waals surface area contributed by atoms with Crippen molar-refractivity contribution >= 4 is 6.09 Å². The Balaban J connectivity index is 4.80. The largest absolute Gasteiger partial charge is 0.453 e. The maximum Gasteiger partial charge on any atom is 0.411 e. The third-order valence-electron chi connectivity index (χ3n) is 2.08. The molecule has 0 spiro atoms. The molecule has 0 aromatic heterocycles. The zero-order chi connectivity index (χ0) is 11.8. The first-order valence-corrected chi connectivity index (χ1v) is 4.70. The van der Waals surface area contributed by atoms with Gasteiger partial charge < -0.3 is 14.2 Å². The van der Waals surface area contributed by atoms with Crippen LogP contribution < -0.4 is 5.32 Å². The lowest BCUT2D eigenvalue weighted by Gasteiger charge is -2.20. The number of nitrogens with one attached hydrogen (secondary N) is 1. The summed E-state index contributed by atoms with van der Waals surface area (Å²) in [6, 6.07) is 0. The molecule has 0 unspecified atom stereocenters. The summed E-state index contributed by atoms with van der Waals surface area (Å²) >= 11 is 0. The number of allylic oxidation sites excluding steroid dienone is 1. The Morgan fingerprint density at radius 2 is 1.80 bits per heavy atom. The molecule has 0 heterocycles. The average Bonchev–Trinajstić information content (AvgIpc) is 2.27. The molecule has 0 aromatic carbocycles. The van der Waals surface area contributed by atoms with Crippen LogP contribution in [0.1, 0.15) is 20.3 Å². The van der Waals surface area contributed by atoms with E-state index in [4.69, 9.17) is 9.47 Å². The molecule has 15 heavy (non-hydrogen) atoms. The van der Waals surface area contributed by atoms with Gasteiger partial charge in [-0.2, -0.15) is 0 Å². The number of carbonyl (C=O) groups excluding carboxylic acids is 1. The minimum Gasteiger partial charge on any atom is -0.453 e. The molecule has 0 aliphatic carbocycles. The first-order valence-electron chi connectivity index (χ1n) is 4.70. The quantitative estimate of drug-likeness (QED) is 0.711. The summed E-state index contributed by atoms with van der Waals surface area (Å²) in [6.07, 6.45) is -0.316. The molecule has 0 bridgehead atoms. The van der Waals surface area contributed by atoms with Crippen LogP contribution in [0.2, 0.25) is 0 Å². The van der Waals surface area contributed by atoms with Crippen LogP contribution in [-0.2, 0) is 14.2 Å². The standard InChI is InChI=1S/C10H19NO4/c1-6-7(2)8(9(13-3)14-4)11-10(12)15-5/h9H,6H2,1-5H3,(H,11,12)/b8-7+. The highest BCUT2D eigenvalue weighted by Gasteiger charge is 2.17. The lowest BCUT2D eigenvalue weighted by molar-refractivity contribution is -0.0789. The molecule has 1 amide bonds. The van der Waals surface area contributed by atoms with Crippen molar-refractivity contribution in [3.63, 3.8) is 0 Å². The number of hydrogen-bond acceptors (Lipinski definition) is 4. The van der Waals surface area contributed by atoms with Gasteiger partial charge in [0.2, 0.25) is 0 Å². The molecule has 0 radical (unpaired) electrons. The molecule has 0 atom stereocenters. The molecule has 0 fully saturated rings. The summed E-state index contributed by atoms with van der Waals surface area (Å²) in [7, 11) is 4.33. The van der Waals surface area contributed by atoms with Crippen molar-refractivity contribution in [2.75, 3.05) is 21.3 Å². The number of methoxy groups -OCH3 is 3. The molecule has 5 nitrogen and oxygen atoms in total. The van der Waals surface area contributed by atoms with Crippen molar-refractivity contribution in [3.05, 3.63) is 11.3 Å². The molecule has 88 valence electrons. The molecule has 0 saturated carbocycles. The molecular weight excluding hydrogens is 198 g/mol. The van der Waals surface area contributed by atoms with Gasteiger partial charge in [0.15, 0.2) is 6.29 Å². The van der Waals surface area contributed by atoms with Gasteiger partial charge in [-0.15, -0.1) is 0 Å². The van der Waals surface area contributed by atoms with E-state index in [9.17, 15) is 4.79 Å². The molecule has 0 aliphatic heterocycles. The Bertz CT molecular complexity index is 234. The van der Waals surface area contributed by atoms with Crippen molar-refractivity contribution in [2.45, 2.75) is 26.6 Å². The second-order valence-corrected chi connectivity index (χ2v) is 2.97. The average molecular weight is 217 g/mol. The van der Waals surface area contributed by atoms with Gasteiger partial charge in [-0.3, -0.25) is 5.32 Å². The summed E-state index contributed by atoms with van der Waals surface area (Å²) in [5.41, 5.74) is 1.57. The molecule has 0 aliphatic rings. The minimum absolute atomic E-state index is 0.531. The smallest absolute Gasteiger partial charge is 0.411 e. The van der Waals surface area contributed by atoms with Crippen LogP contribution in [0, 0.1) is 0 Å². The number of ether oxygens (including phenoxy) is 3. The van der Waals surface area contributed by atoms with Crippen molar-refractivity contribution in [1.82, 2.24) is 5.32 Å². The van der Waals surface area contributed by atoms with E-state index in [0.29, 0.717) is 5.70 Å². The normalized spacial score (nSPS) is 12.4. The van der Waals surface area contributed by atoms with Crippen LogP contribution in [-0.4, -0.2) is 33.7 Å². The molecule has 0 rings (SSSR count). The van der Waals surface area contributed by atoms with E-state index < -0.39 is 12.4 Å². The first-order chi connectivity index (χ1) is 7.10. The summed E-state index contributed by atoms with van der Waals surface area (Å²) in [4.78, 5) is 11.1. The van der Waals surface area contributed by atoms with Crippen molar-refractivity contribution in [1.29, 1.82) is 0 Å². The zero-order valence-electron chi connectivity index (χ0n) is 9.92. The van der Waals surface area contributed by atoms with Crippen molar-refractivity contribution in [2.24, 2.45) is 0 Å². The highest BCUT2D eigenvalue weighted by atomic mass is 16.7. The van der Waals surface area contributed by atoms with Gasteiger partial charge in [-0.05, 0) is 18.9 Å². The molecule has 0 aromatic rings. The fourth-order valence-corrected chi connectivity index (χ4v) is 1.05. The zero-order valence-corrected chi connectivity index (χ0v) is 9.92. The Morgan fingerprint density at radius 3 is 2.13 bits per heavy atom. The predicted octanol–water partition coefficient (Wildman–Crippen LogP) is 1.65. The van der Waals surface area contributed by atoms with Crippen LogP contribution in [0.15, 0.2) is 11.3 Å². The second-order valence-electron chi connectivity index (χ2n) is 2.97. The van der Waals surface area contributed by atoms with Crippen molar-refractivity contribution < 1.29 is 19.0 Å². The highest BCUT2D eigenvalue weighted by Crippen LogP contribution is 2.12. The fourth-order valence-electron chi connectivity index (χ4n) is 1.05. The Kier molecular flexibility index (Phi) is 6.73. The van der Waals surface area contributed by atoms with Crippen LogP contribution in [0.5, 0.6) is 0 Å².